The molecule has 0 spiro atoms. The average molecular weight is 237 g/mol. The Kier molecular flexibility index (Phi) is 2.86. The van der Waals surface area contributed by atoms with Crippen LogP contribution in [-0.4, -0.2) is 17.1 Å². The van der Waals surface area contributed by atoms with Crippen LogP contribution >= 0.6 is 0 Å². The summed E-state index contributed by atoms with van der Waals surface area (Å²) in [7, 11) is 1.29. The molecule has 2 N–H and O–H groups in total. The first-order valence-electron chi connectivity index (χ1n) is 4.72. The highest BCUT2D eigenvalue weighted by molar-refractivity contribution is 5.67. The van der Waals surface area contributed by atoms with Crippen LogP contribution in [0.25, 0.3) is 11.3 Å². The SMILES string of the molecule is COc1c(F)cc(F)cc1-c1cncc(N)n1. The molecule has 1 heterocycles. The van der Waals surface area contributed by atoms with Gasteiger partial charge in [-0.1, -0.05) is 0 Å². The van der Waals surface area contributed by atoms with Crippen molar-refractivity contribution in [1.29, 1.82) is 0 Å². The van der Waals surface area contributed by atoms with Crippen molar-refractivity contribution < 1.29 is 13.5 Å². The van der Waals surface area contributed by atoms with E-state index in [9.17, 15) is 8.78 Å². The molecule has 2 rings (SSSR count). The fourth-order valence-corrected chi connectivity index (χ4v) is 1.47. The minimum absolute atomic E-state index is 0.0914. The fourth-order valence-electron chi connectivity index (χ4n) is 1.47. The van der Waals surface area contributed by atoms with Crippen molar-refractivity contribution in [2.45, 2.75) is 0 Å². The molecule has 0 unspecified atom stereocenters. The van der Waals surface area contributed by atoms with Gasteiger partial charge in [-0.15, -0.1) is 0 Å². The molecule has 0 aliphatic rings. The molecule has 0 atom stereocenters. The van der Waals surface area contributed by atoms with Gasteiger partial charge in [0, 0.05) is 11.6 Å². The van der Waals surface area contributed by atoms with Crippen molar-refractivity contribution in [3.63, 3.8) is 0 Å². The summed E-state index contributed by atoms with van der Waals surface area (Å²) in [6.07, 6.45) is 2.69. The standard InChI is InChI=1S/C11H9F2N3O/c1-17-11-7(2-6(12)3-8(11)13)9-4-15-5-10(14)16-9/h2-5H,1H3,(H2,14,16). The van der Waals surface area contributed by atoms with Crippen LogP contribution in [0.3, 0.4) is 0 Å². The van der Waals surface area contributed by atoms with E-state index in [1.165, 1.54) is 19.5 Å². The summed E-state index contributed by atoms with van der Waals surface area (Å²) in [6.45, 7) is 0. The molecular formula is C11H9F2N3O. The molecule has 0 fully saturated rings. The number of hydrogen-bond donors (Lipinski definition) is 1. The summed E-state index contributed by atoms with van der Waals surface area (Å²) in [5.41, 5.74) is 5.88. The number of anilines is 1. The van der Waals surface area contributed by atoms with E-state index in [0.717, 1.165) is 12.1 Å². The van der Waals surface area contributed by atoms with E-state index in [0.29, 0.717) is 0 Å². The van der Waals surface area contributed by atoms with E-state index in [-0.39, 0.29) is 22.8 Å². The van der Waals surface area contributed by atoms with Gasteiger partial charge < -0.3 is 10.5 Å². The summed E-state index contributed by atoms with van der Waals surface area (Å²) < 4.78 is 31.5. The van der Waals surface area contributed by atoms with Crippen molar-refractivity contribution in [3.8, 4) is 17.0 Å². The maximum atomic E-state index is 13.5. The number of hydrogen-bond acceptors (Lipinski definition) is 4. The largest absolute Gasteiger partial charge is 0.493 e. The van der Waals surface area contributed by atoms with Crippen LogP contribution in [-0.2, 0) is 0 Å². The van der Waals surface area contributed by atoms with Gasteiger partial charge in [0.1, 0.15) is 11.6 Å². The van der Waals surface area contributed by atoms with Crippen LogP contribution in [0, 0.1) is 11.6 Å². The lowest BCUT2D eigenvalue weighted by atomic mass is 10.1. The van der Waals surface area contributed by atoms with Gasteiger partial charge >= 0.3 is 0 Å². The Morgan fingerprint density at radius 1 is 1.24 bits per heavy atom. The Balaban J connectivity index is 2.65. The van der Waals surface area contributed by atoms with Crippen LogP contribution in [0.5, 0.6) is 5.75 Å². The Morgan fingerprint density at radius 2 is 2.00 bits per heavy atom. The Labute approximate surface area is 96.1 Å². The number of halogens is 2. The van der Waals surface area contributed by atoms with Gasteiger partial charge in [0.05, 0.1) is 25.2 Å². The number of rotatable bonds is 2. The van der Waals surface area contributed by atoms with Crippen molar-refractivity contribution >= 4 is 5.82 Å². The molecular weight excluding hydrogens is 228 g/mol. The zero-order valence-corrected chi connectivity index (χ0v) is 8.95. The zero-order chi connectivity index (χ0) is 12.4. The number of methoxy groups -OCH3 is 1. The average Bonchev–Trinajstić information content (AvgIpc) is 2.28. The lowest BCUT2D eigenvalue weighted by molar-refractivity contribution is 0.385. The summed E-state index contributed by atoms with van der Waals surface area (Å²) in [4.78, 5) is 7.74. The topological polar surface area (TPSA) is 61.0 Å². The normalized spacial score (nSPS) is 10.3. The van der Waals surface area contributed by atoms with Gasteiger partial charge in [-0.05, 0) is 6.07 Å². The third-order valence-corrected chi connectivity index (χ3v) is 2.14. The van der Waals surface area contributed by atoms with Crippen LogP contribution in [0.15, 0.2) is 24.5 Å². The molecule has 6 heteroatoms. The first-order chi connectivity index (χ1) is 8.11. The predicted octanol–water partition coefficient (Wildman–Crippen LogP) is 2.01. The Bertz CT molecular complexity index is 560. The van der Waals surface area contributed by atoms with E-state index in [4.69, 9.17) is 10.5 Å². The van der Waals surface area contributed by atoms with E-state index >= 15 is 0 Å². The highest BCUT2D eigenvalue weighted by atomic mass is 19.1. The van der Waals surface area contributed by atoms with Crippen LogP contribution in [0.4, 0.5) is 14.6 Å². The number of ether oxygens (including phenoxy) is 1. The van der Waals surface area contributed by atoms with Gasteiger partial charge in [-0.2, -0.15) is 0 Å². The molecule has 0 radical (unpaired) electrons. The molecule has 1 aromatic carbocycles. The van der Waals surface area contributed by atoms with Crippen LogP contribution < -0.4 is 10.5 Å². The molecule has 17 heavy (non-hydrogen) atoms. The second-order valence-corrected chi connectivity index (χ2v) is 3.30. The van der Waals surface area contributed by atoms with Crippen molar-refractivity contribution in [3.05, 3.63) is 36.2 Å². The Hall–Kier alpha value is -2.24. The lowest BCUT2D eigenvalue weighted by Gasteiger charge is -2.09. The minimum atomic E-state index is -0.799. The fraction of sp³-hybridized carbons (Fsp3) is 0.0909. The quantitative estimate of drug-likeness (QED) is 0.867. The van der Waals surface area contributed by atoms with E-state index in [2.05, 4.69) is 9.97 Å². The van der Waals surface area contributed by atoms with Gasteiger partial charge in [-0.3, -0.25) is 4.98 Å². The number of benzene rings is 1. The highest BCUT2D eigenvalue weighted by Gasteiger charge is 2.15. The van der Waals surface area contributed by atoms with Gasteiger partial charge in [0.25, 0.3) is 0 Å². The summed E-state index contributed by atoms with van der Waals surface area (Å²) in [5.74, 6) is -1.45. The van der Waals surface area contributed by atoms with Gasteiger partial charge in [0.2, 0.25) is 0 Å². The number of aromatic nitrogens is 2. The van der Waals surface area contributed by atoms with E-state index < -0.39 is 11.6 Å². The number of nitrogen functional groups attached to an aromatic ring is 1. The summed E-state index contributed by atoms with van der Waals surface area (Å²) in [6, 6.07) is 1.85. The second kappa shape index (κ2) is 4.32. The molecule has 0 amide bonds. The lowest BCUT2D eigenvalue weighted by Crippen LogP contribution is -1.98. The van der Waals surface area contributed by atoms with Crippen molar-refractivity contribution in [2.24, 2.45) is 0 Å². The molecule has 0 aliphatic heterocycles. The van der Waals surface area contributed by atoms with E-state index in [1.54, 1.807) is 0 Å². The van der Waals surface area contributed by atoms with Gasteiger partial charge in [-0.25, -0.2) is 13.8 Å². The van der Waals surface area contributed by atoms with E-state index in [1.807, 2.05) is 0 Å². The molecule has 4 nitrogen and oxygen atoms in total. The number of nitrogens with zero attached hydrogens (tertiary/aromatic N) is 2. The van der Waals surface area contributed by atoms with Crippen molar-refractivity contribution in [1.82, 2.24) is 9.97 Å². The molecule has 1 aromatic heterocycles. The molecule has 88 valence electrons. The molecule has 0 aliphatic carbocycles. The predicted molar refractivity (Wildman–Crippen MR) is 58.3 cm³/mol. The molecule has 2 aromatic rings. The first-order valence-corrected chi connectivity index (χ1v) is 4.72. The Morgan fingerprint density at radius 3 is 2.65 bits per heavy atom. The van der Waals surface area contributed by atoms with Crippen LogP contribution in [0.2, 0.25) is 0 Å². The molecule has 0 saturated heterocycles. The second-order valence-electron chi connectivity index (χ2n) is 3.30. The van der Waals surface area contributed by atoms with Gasteiger partial charge in [0.15, 0.2) is 11.6 Å². The third-order valence-electron chi connectivity index (χ3n) is 2.14. The molecule has 0 bridgehead atoms. The third kappa shape index (κ3) is 2.15. The summed E-state index contributed by atoms with van der Waals surface area (Å²) >= 11 is 0. The smallest absolute Gasteiger partial charge is 0.168 e. The maximum absolute atomic E-state index is 13.5. The summed E-state index contributed by atoms with van der Waals surface area (Å²) in [5, 5.41) is 0. The monoisotopic (exact) mass is 237 g/mol. The van der Waals surface area contributed by atoms with Crippen molar-refractivity contribution in [2.75, 3.05) is 12.8 Å². The maximum Gasteiger partial charge on any atom is 0.168 e. The molecule has 0 saturated carbocycles. The highest BCUT2D eigenvalue weighted by Crippen LogP contribution is 2.31. The number of nitrogens with two attached hydrogens (primary N) is 1. The zero-order valence-electron chi connectivity index (χ0n) is 8.95. The minimum Gasteiger partial charge on any atom is -0.493 e. The van der Waals surface area contributed by atoms with Crippen LogP contribution in [0.1, 0.15) is 0 Å². The first kappa shape index (κ1) is 11.3.